The highest BCUT2D eigenvalue weighted by molar-refractivity contribution is 5.79. The topological polar surface area (TPSA) is 81.4 Å². The summed E-state index contributed by atoms with van der Waals surface area (Å²) in [5.74, 6) is 0.187. The number of alkyl carbamates (subject to hydrolysis) is 1. The van der Waals surface area contributed by atoms with Gasteiger partial charge < -0.3 is 15.8 Å². The van der Waals surface area contributed by atoms with Crippen LogP contribution in [0.2, 0.25) is 0 Å². The van der Waals surface area contributed by atoms with Crippen molar-refractivity contribution in [2.24, 2.45) is 23.5 Å². The maximum absolute atomic E-state index is 11.8. The number of hydrogen-bond acceptors (Lipinski definition) is 3. The van der Waals surface area contributed by atoms with E-state index in [2.05, 4.69) is 5.32 Å². The summed E-state index contributed by atoms with van der Waals surface area (Å²) in [6.45, 7) is 5.46. The second kappa shape index (κ2) is 4.44. The van der Waals surface area contributed by atoms with Crippen molar-refractivity contribution in [2.45, 2.75) is 51.7 Å². The van der Waals surface area contributed by atoms with Gasteiger partial charge in [0, 0.05) is 6.04 Å². The summed E-state index contributed by atoms with van der Waals surface area (Å²) in [4.78, 5) is 23.3. The molecule has 2 aliphatic rings. The van der Waals surface area contributed by atoms with Crippen molar-refractivity contribution in [2.75, 3.05) is 0 Å². The predicted octanol–water partition coefficient (Wildman–Crippen LogP) is 1.41. The van der Waals surface area contributed by atoms with Crippen LogP contribution in [0.15, 0.2) is 0 Å². The Labute approximate surface area is 107 Å². The summed E-state index contributed by atoms with van der Waals surface area (Å²) in [6.07, 6.45) is 2.65. The number of rotatable bonds is 2. The van der Waals surface area contributed by atoms with Crippen molar-refractivity contribution in [3.63, 3.8) is 0 Å². The summed E-state index contributed by atoms with van der Waals surface area (Å²) < 4.78 is 5.23. The van der Waals surface area contributed by atoms with Crippen LogP contribution in [-0.2, 0) is 9.53 Å². The number of amides is 2. The lowest BCUT2D eigenvalue weighted by Crippen LogP contribution is -2.49. The number of primary amides is 1. The summed E-state index contributed by atoms with van der Waals surface area (Å²) in [5.41, 5.74) is 4.92. The van der Waals surface area contributed by atoms with Crippen LogP contribution in [0.1, 0.15) is 40.0 Å². The van der Waals surface area contributed by atoms with Crippen LogP contribution in [0.4, 0.5) is 4.79 Å². The maximum atomic E-state index is 11.8. The van der Waals surface area contributed by atoms with Gasteiger partial charge in [-0.15, -0.1) is 0 Å². The zero-order valence-electron chi connectivity index (χ0n) is 11.2. The van der Waals surface area contributed by atoms with E-state index in [0.29, 0.717) is 11.8 Å². The molecule has 3 unspecified atom stereocenters. The van der Waals surface area contributed by atoms with Crippen LogP contribution in [0.25, 0.3) is 0 Å². The molecule has 0 radical (unpaired) electrons. The first-order valence-corrected chi connectivity index (χ1v) is 6.57. The number of hydrogen-bond donors (Lipinski definition) is 2. The number of nitrogens with one attached hydrogen (secondary N) is 1. The molecule has 102 valence electrons. The largest absolute Gasteiger partial charge is 0.444 e. The molecule has 0 spiro atoms. The Kier molecular flexibility index (Phi) is 3.25. The van der Waals surface area contributed by atoms with E-state index in [1.165, 1.54) is 0 Å². The van der Waals surface area contributed by atoms with Crippen LogP contribution >= 0.6 is 0 Å². The average Bonchev–Trinajstić information content (AvgIpc) is 2.73. The van der Waals surface area contributed by atoms with Gasteiger partial charge in [0.2, 0.25) is 5.91 Å². The van der Waals surface area contributed by atoms with Crippen LogP contribution in [0, 0.1) is 17.8 Å². The van der Waals surface area contributed by atoms with Crippen LogP contribution < -0.4 is 11.1 Å². The van der Waals surface area contributed by atoms with Gasteiger partial charge in [-0.3, -0.25) is 4.79 Å². The molecule has 0 saturated heterocycles. The standard InChI is InChI=1S/C13H22N2O3/c1-13(2,3)18-12(17)15-10-8-5-4-7(6-8)9(10)11(14)16/h7-10H,4-6H2,1-3H3,(H2,14,16)(H,15,17)/t7?,8-,9?,10?/m0/s1. The summed E-state index contributed by atoms with van der Waals surface area (Å²) >= 11 is 0. The van der Waals surface area contributed by atoms with Crippen molar-refractivity contribution in [1.82, 2.24) is 5.32 Å². The zero-order valence-corrected chi connectivity index (χ0v) is 11.2. The lowest BCUT2D eigenvalue weighted by Gasteiger charge is -2.30. The Morgan fingerprint density at radius 1 is 1.22 bits per heavy atom. The molecule has 0 aromatic carbocycles. The van der Waals surface area contributed by atoms with E-state index in [1.54, 1.807) is 0 Å². The van der Waals surface area contributed by atoms with Gasteiger partial charge in [0.25, 0.3) is 0 Å². The molecule has 0 aromatic rings. The number of fused-ring (bicyclic) bond motifs is 2. The minimum Gasteiger partial charge on any atom is -0.444 e. The molecule has 2 bridgehead atoms. The number of nitrogens with two attached hydrogens (primary N) is 1. The fourth-order valence-electron chi connectivity index (χ4n) is 3.35. The van der Waals surface area contributed by atoms with E-state index in [0.717, 1.165) is 19.3 Å². The van der Waals surface area contributed by atoms with Crippen molar-refractivity contribution in [1.29, 1.82) is 0 Å². The highest BCUT2D eigenvalue weighted by Gasteiger charge is 2.51. The zero-order chi connectivity index (χ0) is 13.5. The van der Waals surface area contributed by atoms with Crippen molar-refractivity contribution < 1.29 is 14.3 Å². The molecule has 3 N–H and O–H groups in total. The smallest absolute Gasteiger partial charge is 0.407 e. The molecule has 5 nitrogen and oxygen atoms in total. The molecule has 5 heteroatoms. The van der Waals surface area contributed by atoms with Gasteiger partial charge in [0.05, 0.1) is 5.92 Å². The van der Waals surface area contributed by atoms with Crippen LogP contribution in [-0.4, -0.2) is 23.6 Å². The maximum Gasteiger partial charge on any atom is 0.407 e. The minimum absolute atomic E-state index is 0.143. The SMILES string of the molecule is CC(C)(C)OC(=O)NC1C(C(N)=O)C2CC[C@H]1C2. The number of carbonyl (C=O) groups excluding carboxylic acids is 2. The van der Waals surface area contributed by atoms with E-state index in [-0.39, 0.29) is 17.9 Å². The van der Waals surface area contributed by atoms with E-state index >= 15 is 0 Å². The monoisotopic (exact) mass is 254 g/mol. The third kappa shape index (κ3) is 2.60. The highest BCUT2D eigenvalue weighted by Crippen LogP contribution is 2.48. The summed E-state index contributed by atoms with van der Waals surface area (Å²) in [6, 6.07) is -0.143. The third-order valence-electron chi connectivity index (χ3n) is 3.93. The lowest BCUT2D eigenvalue weighted by molar-refractivity contribution is -0.124. The molecule has 2 aliphatic carbocycles. The van der Waals surface area contributed by atoms with Gasteiger partial charge in [-0.05, 0) is 51.9 Å². The predicted molar refractivity (Wildman–Crippen MR) is 66.7 cm³/mol. The Morgan fingerprint density at radius 2 is 1.83 bits per heavy atom. The Hall–Kier alpha value is -1.26. The van der Waals surface area contributed by atoms with Crippen LogP contribution in [0.5, 0.6) is 0 Å². The first-order valence-electron chi connectivity index (χ1n) is 6.57. The molecule has 4 atom stereocenters. The molecule has 0 aromatic heterocycles. The molecular formula is C13H22N2O3. The van der Waals surface area contributed by atoms with Crippen molar-refractivity contribution in [3.8, 4) is 0 Å². The van der Waals surface area contributed by atoms with Gasteiger partial charge >= 0.3 is 6.09 Å². The normalized spacial score (nSPS) is 34.4. The molecular weight excluding hydrogens is 232 g/mol. The van der Waals surface area contributed by atoms with Crippen LogP contribution in [0.3, 0.4) is 0 Å². The average molecular weight is 254 g/mol. The number of carbonyl (C=O) groups is 2. The van der Waals surface area contributed by atoms with Crippen molar-refractivity contribution >= 4 is 12.0 Å². The van der Waals surface area contributed by atoms with Gasteiger partial charge in [0.1, 0.15) is 5.60 Å². The molecule has 2 amide bonds. The third-order valence-corrected chi connectivity index (χ3v) is 3.93. The highest BCUT2D eigenvalue weighted by atomic mass is 16.6. The molecule has 2 rings (SSSR count). The summed E-state index contributed by atoms with van der Waals surface area (Å²) in [7, 11) is 0. The molecule has 0 aliphatic heterocycles. The first kappa shape index (κ1) is 13.2. The van der Waals surface area contributed by atoms with E-state index in [1.807, 2.05) is 20.8 Å². The Balaban J connectivity index is 2.00. The second-order valence-electron chi connectivity index (χ2n) is 6.43. The second-order valence-corrected chi connectivity index (χ2v) is 6.43. The fraction of sp³-hybridized carbons (Fsp3) is 0.846. The molecule has 0 heterocycles. The number of ether oxygens (including phenoxy) is 1. The van der Waals surface area contributed by atoms with Gasteiger partial charge in [-0.2, -0.15) is 0 Å². The minimum atomic E-state index is -0.524. The van der Waals surface area contributed by atoms with Gasteiger partial charge in [0.15, 0.2) is 0 Å². The molecule has 18 heavy (non-hydrogen) atoms. The Morgan fingerprint density at radius 3 is 2.39 bits per heavy atom. The molecule has 2 fully saturated rings. The van der Waals surface area contributed by atoms with E-state index < -0.39 is 11.7 Å². The fourth-order valence-corrected chi connectivity index (χ4v) is 3.35. The summed E-state index contributed by atoms with van der Waals surface area (Å²) in [5, 5.41) is 2.84. The van der Waals surface area contributed by atoms with E-state index in [9.17, 15) is 9.59 Å². The molecule has 2 saturated carbocycles. The lowest BCUT2D eigenvalue weighted by atomic mass is 9.84. The van der Waals surface area contributed by atoms with E-state index in [4.69, 9.17) is 10.5 Å². The van der Waals surface area contributed by atoms with Gasteiger partial charge in [-0.25, -0.2) is 4.79 Å². The Bertz CT molecular complexity index is 362. The first-order chi connectivity index (χ1) is 8.28. The van der Waals surface area contributed by atoms with Gasteiger partial charge in [-0.1, -0.05) is 0 Å². The quantitative estimate of drug-likeness (QED) is 0.781. The van der Waals surface area contributed by atoms with Crippen molar-refractivity contribution in [3.05, 3.63) is 0 Å².